The van der Waals surface area contributed by atoms with E-state index in [1.807, 2.05) is 0 Å². The van der Waals surface area contributed by atoms with Crippen molar-refractivity contribution < 1.29 is 0 Å². The Labute approximate surface area is 298 Å². The van der Waals surface area contributed by atoms with Gasteiger partial charge in [-0.25, -0.2) is 0 Å². The molecule has 0 fully saturated rings. The molecule has 0 saturated heterocycles. The fourth-order valence-electron chi connectivity index (χ4n) is 6.19. The molecule has 0 bridgehead atoms. The zero-order valence-electron chi connectivity index (χ0n) is 27.5. The van der Waals surface area contributed by atoms with Crippen LogP contribution in [0.25, 0.3) is 77.8 Å². The monoisotopic (exact) mass is 672 g/mol. The molecule has 0 atom stereocenters. The van der Waals surface area contributed by atoms with E-state index >= 15 is 0 Å². The predicted octanol–water partition coefficient (Wildman–Crippen LogP) is 15.0. The summed E-state index contributed by atoms with van der Waals surface area (Å²) in [5.41, 5.74) is 12.3. The molecule has 0 spiro atoms. The van der Waals surface area contributed by atoms with Crippen LogP contribution in [-0.4, -0.2) is 0 Å². The molecule has 0 nitrogen and oxygen atoms in total. The molecule has 0 N–H and O–H groups in total. The third-order valence-electron chi connectivity index (χ3n) is 8.89. The fraction of sp³-hybridized carbons (Fsp3) is 0. The van der Waals surface area contributed by atoms with Gasteiger partial charge < -0.3 is 0 Å². The van der Waals surface area contributed by atoms with E-state index in [-0.39, 0.29) is 0 Å². The van der Waals surface area contributed by atoms with Crippen LogP contribution in [0.1, 0.15) is 11.1 Å². The summed E-state index contributed by atoms with van der Waals surface area (Å²) in [7, 11) is 2.45. The molecule has 0 saturated carbocycles. The van der Waals surface area contributed by atoms with Gasteiger partial charge in [0.05, 0.1) is 0 Å². The second-order valence-electron chi connectivity index (χ2n) is 12.3. The van der Waals surface area contributed by atoms with Gasteiger partial charge in [-0.05, 0) is 79.9 Å². The van der Waals surface area contributed by atoms with Crippen molar-refractivity contribution in [1.29, 1.82) is 0 Å². The summed E-state index contributed by atoms with van der Waals surface area (Å²) in [6.07, 6.45) is 4.40. The summed E-state index contributed by atoms with van der Waals surface area (Å²) in [4.78, 5) is 0. The number of hydrogen-bond acceptors (Lipinski definition) is 0. The Kier molecular flexibility index (Phi) is 9.40. The Balaban J connectivity index is 1.04. The molecule has 0 aliphatic rings. The molecule has 0 aliphatic carbocycles. The fourth-order valence-corrected chi connectivity index (χ4v) is 8.63. The Morgan fingerprint density at radius 1 is 0.240 bits per heavy atom. The molecule has 236 valence electrons. The molecule has 0 unspecified atom stereocenters. The van der Waals surface area contributed by atoms with E-state index in [0.717, 1.165) is 0 Å². The van der Waals surface area contributed by atoms with E-state index in [1.54, 1.807) is 0 Å². The molecule has 0 radical (unpaired) electrons. The first kappa shape index (κ1) is 31.6. The van der Waals surface area contributed by atoms with Crippen LogP contribution in [0.4, 0.5) is 0 Å². The van der Waals surface area contributed by atoms with Crippen molar-refractivity contribution in [3.8, 4) is 65.7 Å². The molecule has 0 amide bonds. The van der Waals surface area contributed by atoms with Crippen molar-refractivity contribution >= 4 is 28.5 Å². The second kappa shape index (κ2) is 14.9. The van der Waals surface area contributed by atoms with E-state index in [0.29, 0.717) is 0 Å². The topological polar surface area (TPSA) is 0 Å². The van der Waals surface area contributed by atoms with E-state index < -0.39 is 0 Å². The van der Waals surface area contributed by atoms with Crippen LogP contribution < -0.4 is 0 Å². The predicted molar refractivity (Wildman–Crippen MR) is 219 cm³/mol. The van der Waals surface area contributed by atoms with Crippen molar-refractivity contribution in [2.75, 3.05) is 0 Å². The average molecular weight is 673 g/mol. The number of rotatable bonds is 8. The van der Waals surface area contributed by atoms with Gasteiger partial charge in [-0.15, -0.1) is 0 Å². The van der Waals surface area contributed by atoms with Crippen molar-refractivity contribution in [2.45, 2.75) is 0 Å². The number of benzene rings is 6. The molecular formula is C48H34P2. The normalized spacial score (nSPS) is 11.1. The van der Waals surface area contributed by atoms with Crippen LogP contribution in [0.15, 0.2) is 194 Å². The highest BCUT2D eigenvalue weighted by Crippen LogP contribution is 2.42. The molecule has 2 heteroatoms. The second-order valence-corrected chi connectivity index (χ2v) is 14.7. The molecule has 8 rings (SSSR count). The van der Waals surface area contributed by atoms with Crippen LogP contribution in [0.3, 0.4) is 0 Å². The highest BCUT2D eigenvalue weighted by molar-refractivity contribution is 7.38. The molecular weight excluding hydrogens is 638 g/mol. The molecule has 8 aromatic rings. The van der Waals surface area contributed by atoms with Crippen molar-refractivity contribution in [1.82, 2.24) is 0 Å². The summed E-state index contributed by atoms with van der Waals surface area (Å²) in [6, 6.07) is 70.1. The smallest absolute Gasteiger partial charge is 0.0102 e. The third kappa shape index (κ3) is 7.34. The van der Waals surface area contributed by atoms with Gasteiger partial charge >= 0.3 is 0 Å². The van der Waals surface area contributed by atoms with Crippen LogP contribution >= 0.6 is 16.4 Å². The van der Waals surface area contributed by atoms with Gasteiger partial charge in [0, 0.05) is 21.2 Å². The lowest BCUT2D eigenvalue weighted by Gasteiger charge is -2.11. The molecule has 0 aliphatic heterocycles. The summed E-state index contributed by atoms with van der Waals surface area (Å²) in [6.45, 7) is 0. The Morgan fingerprint density at radius 2 is 0.500 bits per heavy atom. The van der Waals surface area contributed by atoms with E-state index in [2.05, 4.69) is 206 Å². The SMILES string of the molecule is C(=C\c1ccc(-c2cc(-c3ccccc3)pc(-c3ccccc3)c2)cc1)/c1ccc(-c2cc(-c3ccccc3)pc(-c3ccccc3)c2)cc1. The highest BCUT2D eigenvalue weighted by atomic mass is 31.0. The summed E-state index contributed by atoms with van der Waals surface area (Å²) < 4.78 is 0. The standard InChI is InChI=1S/C48H34P2/c1-5-13-39(14-6-1)45-31-43(32-46(49-45)40-15-7-2-8-16-40)37-27-23-35(24-28-37)21-22-36-25-29-38(30-26-36)44-33-47(41-17-9-3-10-18-41)50-48(34-44)42-19-11-4-12-20-42/h1-34H/b22-21+. The minimum absolute atomic E-state index is 1.18. The third-order valence-corrected chi connectivity index (χ3v) is 11.4. The van der Waals surface area contributed by atoms with Crippen molar-refractivity contribution in [3.05, 3.63) is 205 Å². The van der Waals surface area contributed by atoms with E-state index in [9.17, 15) is 0 Å². The van der Waals surface area contributed by atoms with Crippen LogP contribution in [0.2, 0.25) is 0 Å². The summed E-state index contributed by atoms with van der Waals surface area (Å²) in [5.74, 6) is 0. The highest BCUT2D eigenvalue weighted by Gasteiger charge is 2.10. The van der Waals surface area contributed by atoms with Gasteiger partial charge in [-0.3, -0.25) is 0 Å². The lowest BCUT2D eigenvalue weighted by atomic mass is 10.0. The van der Waals surface area contributed by atoms with Gasteiger partial charge in [0.15, 0.2) is 0 Å². The Hall–Kier alpha value is -5.64. The summed E-state index contributed by atoms with van der Waals surface area (Å²) in [5, 5.41) is 5.27. The van der Waals surface area contributed by atoms with Gasteiger partial charge in [0.1, 0.15) is 0 Å². The average Bonchev–Trinajstić information content (AvgIpc) is 3.21. The molecule has 6 aromatic carbocycles. The first-order valence-corrected chi connectivity index (χ1v) is 18.7. The lowest BCUT2D eigenvalue weighted by molar-refractivity contribution is 1.60. The molecule has 2 heterocycles. The minimum atomic E-state index is 1.18. The van der Waals surface area contributed by atoms with Crippen LogP contribution in [-0.2, 0) is 0 Å². The van der Waals surface area contributed by atoms with Crippen LogP contribution in [0.5, 0.6) is 0 Å². The lowest BCUT2D eigenvalue weighted by Crippen LogP contribution is -1.83. The van der Waals surface area contributed by atoms with Gasteiger partial charge in [-0.2, -0.15) is 0 Å². The zero-order valence-corrected chi connectivity index (χ0v) is 29.3. The maximum Gasteiger partial charge on any atom is 0.0102 e. The quantitative estimate of drug-likeness (QED) is 0.141. The number of hydrogen-bond donors (Lipinski definition) is 0. The van der Waals surface area contributed by atoms with E-state index in [4.69, 9.17) is 0 Å². The van der Waals surface area contributed by atoms with Crippen LogP contribution in [0, 0.1) is 0 Å². The zero-order chi connectivity index (χ0) is 33.5. The summed E-state index contributed by atoms with van der Waals surface area (Å²) >= 11 is 0. The minimum Gasteiger partial charge on any atom is -0.0622 e. The maximum absolute atomic E-state index is 2.34. The van der Waals surface area contributed by atoms with Crippen molar-refractivity contribution in [2.24, 2.45) is 0 Å². The first-order valence-electron chi connectivity index (χ1n) is 16.9. The Bertz CT molecular complexity index is 2080. The largest absolute Gasteiger partial charge is 0.0622 e. The first-order chi connectivity index (χ1) is 24.7. The molecule has 2 aromatic heterocycles. The van der Waals surface area contributed by atoms with Gasteiger partial charge in [0.25, 0.3) is 0 Å². The van der Waals surface area contributed by atoms with Crippen molar-refractivity contribution in [3.63, 3.8) is 0 Å². The Morgan fingerprint density at radius 3 is 0.760 bits per heavy atom. The maximum atomic E-state index is 2.34. The van der Waals surface area contributed by atoms with Gasteiger partial charge in [0.2, 0.25) is 0 Å². The molecule has 50 heavy (non-hydrogen) atoms. The van der Waals surface area contributed by atoms with E-state index in [1.165, 1.54) is 93.2 Å². The van der Waals surface area contributed by atoms with Gasteiger partial charge in [-0.1, -0.05) is 198 Å².